The molecule has 21 heavy (non-hydrogen) atoms. The Labute approximate surface area is 128 Å². The van der Waals surface area contributed by atoms with E-state index >= 15 is 0 Å². The number of hydrogen-bond donors (Lipinski definition) is 1. The smallest absolute Gasteiger partial charge is 0.224 e. The van der Waals surface area contributed by atoms with Crippen molar-refractivity contribution >= 4 is 5.91 Å². The molecule has 3 nitrogen and oxygen atoms in total. The largest absolute Gasteiger partial charge is 0.336 e. The summed E-state index contributed by atoms with van der Waals surface area (Å²) in [5.41, 5.74) is 2.80. The molecule has 0 saturated carbocycles. The summed E-state index contributed by atoms with van der Waals surface area (Å²) in [6.45, 7) is 8.33. The van der Waals surface area contributed by atoms with Gasteiger partial charge in [-0.3, -0.25) is 4.79 Å². The molecular formula is C18H28N2O. The van der Waals surface area contributed by atoms with Gasteiger partial charge in [0.15, 0.2) is 0 Å². The molecule has 0 aliphatic carbocycles. The monoisotopic (exact) mass is 288 g/mol. The van der Waals surface area contributed by atoms with Crippen LogP contribution >= 0.6 is 0 Å². The second-order valence-electron chi connectivity index (χ2n) is 6.97. The maximum atomic E-state index is 12.3. The minimum Gasteiger partial charge on any atom is -0.336 e. The molecule has 1 saturated heterocycles. The molecule has 2 rings (SSSR count). The highest BCUT2D eigenvalue weighted by Crippen LogP contribution is 2.33. The number of carbonyl (C=O) groups is 1. The van der Waals surface area contributed by atoms with E-state index in [9.17, 15) is 4.79 Å². The van der Waals surface area contributed by atoms with E-state index in [1.165, 1.54) is 11.1 Å². The Balaban J connectivity index is 2.11. The van der Waals surface area contributed by atoms with Crippen LogP contribution in [0.5, 0.6) is 0 Å². The van der Waals surface area contributed by atoms with Gasteiger partial charge in [0.25, 0.3) is 0 Å². The normalized spacial score (nSPS) is 19.0. The van der Waals surface area contributed by atoms with Gasteiger partial charge in [0.1, 0.15) is 0 Å². The Morgan fingerprint density at radius 1 is 1.29 bits per heavy atom. The van der Waals surface area contributed by atoms with Crippen LogP contribution in [0, 0.1) is 0 Å². The van der Waals surface area contributed by atoms with Crippen molar-refractivity contribution < 1.29 is 4.79 Å². The van der Waals surface area contributed by atoms with Crippen molar-refractivity contribution in [3.8, 4) is 0 Å². The lowest BCUT2D eigenvalue weighted by Gasteiger charge is -2.26. The Kier molecular flexibility index (Phi) is 5.04. The van der Waals surface area contributed by atoms with Crippen molar-refractivity contribution in [1.82, 2.24) is 10.2 Å². The number of hydrogen-bond acceptors (Lipinski definition) is 2. The van der Waals surface area contributed by atoms with Gasteiger partial charge in [-0.15, -0.1) is 0 Å². The number of nitrogens with one attached hydrogen (secondary N) is 1. The summed E-state index contributed by atoms with van der Waals surface area (Å²) in [5.74, 6) is 0.270. The summed E-state index contributed by atoms with van der Waals surface area (Å²) in [6, 6.07) is 9.10. The zero-order valence-corrected chi connectivity index (χ0v) is 13.8. The molecule has 1 heterocycles. The molecule has 1 aliphatic rings. The van der Waals surface area contributed by atoms with Gasteiger partial charge in [0, 0.05) is 19.5 Å². The summed E-state index contributed by atoms with van der Waals surface area (Å²) in [6.07, 6.45) is 2.78. The van der Waals surface area contributed by atoms with Crippen LogP contribution in [0.25, 0.3) is 0 Å². The molecule has 0 bridgehead atoms. The molecule has 1 N–H and O–H groups in total. The van der Waals surface area contributed by atoms with Gasteiger partial charge in [-0.2, -0.15) is 0 Å². The molecular weight excluding hydrogens is 260 g/mol. The van der Waals surface area contributed by atoms with E-state index < -0.39 is 0 Å². The molecule has 1 amide bonds. The van der Waals surface area contributed by atoms with Gasteiger partial charge < -0.3 is 10.2 Å². The minimum atomic E-state index is 0.177. The maximum absolute atomic E-state index is 12.3. The van der Waals surface area contributed by atoms with Crippen LogP contribution in [0.3, 0.4) is 0 Å². The molecule has 1 aliphatic heterocycles. The fourth-order valence-corrected chi connectivity index (χ4v) is 2.99. The van der Waals surface area contributed by atoms with Crippen LogP contribution in [0.15, 0.2) is 24.3 Å². The summed E-state index contributed by atoms with van der Waals surface area (Å²) >= 11 is 0. The van der Waals surface area contributed by atoms with E-state index in [1.54, 1.807) is 0 Å². The van der Waals surface area contributed by atoms with E-state index in [1.807, 2.05) is 7.05 Å². The molecule has 0 spiro atoms. The molecule has 1 aromatic carbocycles. The van der Waals surface area contributed by atoms with E-state index in [2.05, 4.69) is 55.3 Å². The highest BCUT2D eigenvalue weighted by Gasteiger charge is 2.29. The third-order valence-corrected chi connectivity index (χ3v) is 4.32. The number of amides is 1. The average molecular weight is 288 g/mol. The Morgan fingerprint density at radius 2 is 1.95 bits per heavy atom. The molecule has 1 aromatic rings. The Bertz CT molecular complexity index is 473. The van der Waals surface area contributed by atoms with Crippen LogP contribution in [0.4, 0.5) is 0 Å². The van der Waals surface area contributed by atoms with Gasteiger partial charge in [-0.25, -0.2) is 0 Å². The number of benzene rings is 1. The molecule has 116 valence electrons. The number of rotatable bonds is 4. The van der Waals surface area contributed by atoms with Crippen LogP contribution in [0.1, 0.15) is 57.2 Å². The van der Waals surface area contributed by atoms with Crippen molar-refractivity contribution in [2.45, 2.75) is 51.5 Å². The Morgan fingerprint density at radius 3 is 2.52 bits per heavy atom. The first-order valence-electron chi connectivity index (χ1n) is 7.98. The first kappa shape index (κ1) is 16.0. The molecule has 1 fully saturated rings. The third kappa shape index (κ3) is 3.85. The topological polar surface area (TPSA) is 32.3 Å². The summed E-state index contributed by atoms with van der Waals surface area (Å²) in [7, 11) is 1.89. The zero-order valence-electron chi connectivity index (χ0n) is 13.8. The fourth-order valence-electron chi connectivity index (χ4n) is 2.99. The van der Waals surface area contributed by atoms with Crippen LogP contribution < -0.4 is 5.32 Å². The highest BCUT2D eigenvalue weighted by molar-refractivity contribution is 5.77. The van der Waals surface area contributed by atoms with Crippen LogP contribution in [-0.4, -0.2) is 30.9 Å². The van der Waals surface area contributed by atoms with Crippen molar-refractivity contribution in [3.05, 3.63) is 35.4 Å². The number of nitrogens with zero attached hydrogens (tertiary/aromatic N) is 1. The molecule has 0 radical (unpaired) electrons. The van der Waals surface area contributed by atoms with E-state index in [-0.39, 0.29) is 17.4 Å². The van der Waals surface area contributed by atoms with E-state index in [0.717, 1.165) is 25.9 Å². The summed E-state index contributed by atoms with van der Waals surface area (Å²) in [5, 5.41) is 3.05. The minimum absolute atomic E-state index is 0.177. The Hall–Kier alpha value is -1.35. The highest BCUT2D eigenvalue weighted by atomic mass is 16.2. The van der Waals surface area contributed by atoms with E-state index in [4.69, 9.17) is 0 Å². The van der Waals surface area contributed by atoms with E-state index in [0.29, 0.717) is 6.42 Å². The standard InChI is InChI=1S/C18H28N2O/c1-18(2,3)15-9-7-14(8-10-15)16-6-5-13-20(16)17(21)11-12-19-4/h7-10,16,19H,5-6,11-13H2,1-4H3. The van der Waals surface area contributed by atoms with Gasteiger partial charge in [0.2, 0.25) is 5.91 Å². The van der Waals surface area contributed by atoms with Crippen LogP contribution in [-0.2, 0) is 10.2 Å². The van der Waals surface area contributed by atoms with Gasteiger partial charge >= 0.3 is 0 Å². The number of carbonyl (C=O) groups excluding carboxylic acids is 1. The van der Waals surface area contributed by atoms with Crippen molar-refractivity contribution in [3.63, 3.8) is 0 Å². The number of likely N-dealkylation sites (tertiary alicyclic amines) is 1. The molecule has 1 atom stereocenters. The van der Waals surface area contributed by atoms with Gasteiger partial charge in [-0.05, 0) is 36.4 Å². The lowest BCUT2D eigenvalue weighted by molar-refractivity contribution is -0.132. The SMILES string of the molecule is CNCCC(=O)N1CCCC1c1ccc(C(C)(C)C)cc1. The molecule has 3 heteroatoms. The lowest BCUT2D eigenvalue weighted by atomic mass is 9.86. The predicted octanol–water partition coefficient (Wildman–Crippen LogP) is 3.26. The fraction of sp³-hybridized carbons (Fsp3) is 0.611. The van der Waals surface area contributed by atoms with Crippen LogP contribution in [0.2, 0.25) is 0 Å². The molecule has 1 unspecified atom stereocenters. The summed E-state index contributed by atoms with van der Waals surface area (Å²) < 4.78 is 0. The summed E-state index contributed by atoms with van der Waals surface area (Å²) in [4.78, 5) is 14.4. The second-order valence-corrected chi connectivity index (χ2v) is 6.97. The van der Waals surface area contributed by atoms with Crippen molar-refractivity contribution in [2.75, 3.05) is 20.1 Å². The first-order chi connectivity index (χ1) is 9.93. The quantitative estimate of drug-likeness (QED) is 0.922. The van der Waals surface area contributed by atoms with Gasteiger partial charge in [0.05, 0.1) is 6.04 Å². The van der Waals surface area contributed by atoms with Gasteiger partial charge in [-0.1, -0.05) is 45.0 Å². The molecule has 0 aromatic heterocycles. The third-order valence-electron chi connectivity index (χ3n) is 4.32. The zero-order chi connectivity index (χ0) is 15.5. The van der Waals surface area contributed by atoms with Crippen molar-refractivity contribution in [2.24, 2.45) is 0 Å². The lowest BCUT2D eigenvalue weighted by Crippen LogP contribution is -2.32. The first-order valence-corrected chi connectivity index (χ1v) is 7.98. The predicted molar refractivity (Wildman–Crippen MR) is 87.4 cm³/mol. The maximum Gasteiger partial charge on any atom is 0.224 e. The second kappa shape index (κ2) is 6.61. The van der Waals surface area contributed by atoms with Crippen molar-refractivity contribution in [1.29, 1.82) is 0 Å². The average Bonchev–Trinajstić information content (AvgIpc) is 2.93.